The second kappa shape index (κ2) is 7.19. The van der Waals surface area contributed by atoms with Crippen molar-refractivity contribution in [2.75, 3.05) is 39.3 Å². The van der Waals surface area contributed by atoms with Gasteiger partial charge in [0.15, 0.2) is 0 Å². The van der Waals surface area contributed by atoms with Crippen LogP contribution in [0, 0.1) is 0 Å². The van der Waals surface area contributed by atoms with Crippen molar-refractivity contribution in [3.8, 4) is 0 Å². The molecule has 0 spiro atoms. The van der Waals surface area contributed by atoms with Gasteiger partial charge < -0.3 is 10.2 Å². The maximum atomic E-state index is 12.0. The van der Waals surface area contributed by atoms with Gasteiger partial charge in [-0.1, -0.05) is 6.92 Å². The number of rotatable bonds is 5. The van der Waals surface area contributed by atoms with Gasteiger partial charge in [0.05, 0.1) is 10.7 Å². The second-order valence-corrected chi connectivity index (χ2v) is 5.98. The molecule has 2 rings (SSSR count). The normalized spacial score (nSPS) is 18.9. The van der Waals surface area contributed by atoms with Crippen LogP contribution in [0.5, 0.6) is 0 Å². The van der Waals surface area contributed by atoms with E-state index in [1.807, 2.05) is 0 Å². The zero-order valence-corrected chi connectivity index (χ0v) is 13.6. The van der Waals surface area contributed by atoms with Crippen molar-refractivity contribution in [1.29, 1.82) is 0 Å². The summed E-state index contributed by atoms with van der Waals surface area (Å²) in [6.07, 6.45) is 1.59. The molecule has 0 aromatic carbocycles. The van der Waals surface area contributed by atoms with E-state index in [0.717, 1.165) is 32.7 Å². The molecule has 0 unspecified atom stereocenters. The number of amides is 1. The van der Waals surface area contributed by atoms with Gasteiger partial charge in [0.2, 0.25) is 0 Å². The summed E-state index contributed by atoms with van der Waals surface area (Å²) in [5.41, 5.74) is 0.480. The first-order valence-electron chi connectivity index (χ1n) is 7.05. The largest absolute Gasteiger partial charge is 0.349 e. The number of halogens is 1. The Morgan fingerprint density at radius 2 is 2.20 bits per heavy atom. The minimum absolute atomic E-state index is 0.117. The number of piperazine rings is 1. The van der Waals surface area contributed by atoms with E-state index < -0.39 is 0 Å². The van der Waals surface area contributed by atoms with E-state index in [1.54, 1.807) is 6.20 Å². The summed E-state index contributed by atoms with van der Waals surface area (Å²) >= 11 is 3.29. The highest BCUT2D eigenvalue weighted by Crippen LogP contribution is 2.12. The lowest BCUT2D eigenvalue weighted by molar-refractivity contribution is 0.0878. The third kappa shape index (κ3) is 3.80. The van der Waals surface area contributed by atoms with Gasteiger partial charge in [0, 0.05) is 38.8 Å². The first-order valence-corrected chi connectivity index (χ1v) is 7.84. The van der Waals surface area contributed by atoms with Crippen LogP contribution >= 0.6 is 15.9 Å². The summed E-state index contributed by atoms with van der Waals surface area (Å²) in [4.78, 5) is 16.8. The van der Waals surface area contributed by atoms with Gasteiger partial charge in [0.1, 0.15) is 5.69 Å². The molecule has 1 fully saturated rings. The molecule has 7 heteroatoms. The Kier molecular flexibility index (Phi) is 5.56. The van der Waals surface area contributed by atoms with E-state index >= 15 is 0 Å². The Labute approximate surface area is 128 Å². The molecule has 1 atom stereocenters. The molecule has 2 heterocycles. The van der Waals surface area contributed by atoms with Crippen LogP contribution in [0.15, 0.2) is 10.7 Å². The van der Waals surface area contributed by atoms with E-state index in [0.29, 0.717) is 22.8 Å². The second-order valence-electron chi connectivity index (χ2n) is 5.12. The van der Waals surface area contributed by atoms with Gasteiger partial charge in [-0.15, -0.1) is 0 Å². The van der Waals surface area contributed by atoms with Gasteiger partial charge in [-0.3, -0.25) is 14.8 Å². The topological polar surface area (TPSA) is 64.3 Å². The minimum atomic E-state index is -0.117. The molecule has 1 aliphatic rings. The summed E-state index contributed by atoms with van der Waals surface area (Å²) in [6.45, 7) is 10.5. The van der Waals surface area contributed by atoms with Crippen LogP contribution in [0.25, 0.3) is 0 Å². The Hall–Kier alpha value is -0.920. The molecule has 6 nitrogen and oxygen atoms in total. The predicted octanol–water partition coefficient (Wildman–Crippen LogP) is 0.928. The fourth-order valence-electron chi connectivity index (χ4n) is 2.41. The molecule has 0 radical (unpaired) electrons. The van der Waals surface area contributed by atoms with Gasteiger partial charge in [-0.2, -0.15) is 5.10 Å². The number of aromatic nitrogens is 2. The lowest BCUT2D eigenvalue weighted by Gasteiger charge is -2.37. The maximum absolute atomic E-state index is 12.0. The van der Waals surface area contributed by atoms with E-state index in [9.17, 15) is 4.79 Å². The lowest BCUT2D eigenvalue weighted by Crippen LogP contribution is -2.52. The van der Waals surface area contributed by atoms with E-state index in [-0.39, 0.29) is 5.91 Å². The smallest absolute Gasteiger partial charge is 0.270 e. The summed E-state index contributed by atoms with van der Waals surface area (Å²) in [5, 5.41) is 9.47. The van der Waals surface area contributed by atoms with Gasteiger partial charge >= 0.3 is 0 Å². The quantitative estimate of drug-likeness (QED) is 0.834. The van der Waals surface area contributed by atoms with Crippen molar-refractivity contribution in [2.24, 2.45) is 0 Å². The van der Waals surface area contributed by atoms with Crippen molar-refractivity contribution < 1.29 is 4.79 Å². The highest BCUT2D eigenvalue weighted by molar-refractivity contribution is 9.10. The SMILES string of the molecule is CCN1CCN([C@H](C)CNC(=O)c2[nH]ncc2Br)CC1. The first-order chi connectivity index (χ1) is 9.61. The predicted molar refractivity (Wildman–Crippen MR) is 81.8 cm³/mol. The van der Waals surface area contributed by atoms with E-state index in [1.165, 1.54) is 0 Å². The summed E-state index contributed by atoms with van der Waals surface area (Å²) < 4.78 is 0.694. The molecule has 1 amide bonds. The van der Waals surface area contributed by atoms with E-state index in [4.69, 9.17) is 0 Å². The van der Waals surface area contributed by atoms with Crippen molar-refractivity contribution in [3.05, 3.63) is 16.4 Å². The average Bonchev–Trinajstić information content (AvgIpc) is 2.90. The van der Waals surface area contributed by atoms with Crippen molar-refractivity contribution >= 4 is 21.8 Å². The number of hydrogen-bond donors (Lipinski definition) is 2. The minimum Gasteiger partial charge on any atom is -0.349 e. The highest BCUT2D eigenvalue weighted by atomic mass is 79.9. The molecule has 2 N–H and O–H groups in total. The van der Waals surface area contributed by atoms with Gasteiger partial charge in [0.25, 0.3) is 5.91 Å². The van der Waals surface area contributed by atoms with Crippen LogP contribution in [0.1, 0.15) is 24.3 Å². The lowest BCUT2D eigenvalue weighted by atomic mass is 10.2. The zero-order valence-electron chi connectivity index (χ0n) is 12.0. The van der Waals surface area contributed by atoms with Crippen LogP contribution in [-0.4, -0.2) is 71.2 Å². The van der Waals surface area contributed by atoms with E-state index in [2.05, 4.69) is 55.1 Å². The zero-order chi connectivity index (χ0) is 14.5. The molecule has 1 saturated heterocycles. The number of H-pyrrole nitrogens is 1. The van der Waals surface area contributed by atoms with Crippen LogP contribution in [0.2, 0.25) is 0 Å². The fourth-order valence-corrected chi connectivity index (χ4v) is 2.78. The van der Waals surface area contributed by atoms with Crippen molar-refractivity contribution in [2.45, 2.75) is 19.9 Å². The molecule has 1 aromatic rings. The number of nitrogens with one attached hydrogen (secondary N) is 2. The molecule has 0 bridgehead atoms. The van der Waals surface area contributed by atoms with Crippen LogP contribution in [0.4, 0.5) is 0 Å². The Balaban J connectivity index is 1.77. The fraction of sp³-hybridized carbons (Fsp3) is 0.692. The Bertz CT molecular complexity index is 442. The van der Waals surface area contributed by atoms with Crippen molar-refractivity contribution in [3.63, 3.8) is 0 Å². The Morgan fingerprint density at radius 3 is 2.75 bits per heavy atom. The summed E-state index contributed by atoms with van der Waals surface area (Å²) in [6, 6.07) is 0.347. The molecule has 0 aliphatic carbocycles. The molecule has 112 valence electrons. The molecular weight excluding hydrogens is 322 g/mol. The Morgan fingerprint density at radius 1 is 1.50 bits per heavy atom. The van der Waals surface area contributed by atoms with Crippen molar-refractivity contribution in [1.82, 2.24) is 25.3 Å². The molecule has 1 aliphatic heterocycles. The average molecular weight is 344 g/mol. The van der Waals surface area contributed by atoms with Gasteiger partial charge in [-0.25, -0.2) is 0 Å². The van der Waals surface area contributed by atoms with Crippen LogP contribution in [-0.2, 0) is 0 Å². The molecule has 20 heavy (non-hydrogen) atoms. The van der Waals surface area contributed by atoms with Crippen LogP contribution < -0.4 is 5.32 Å². The monoisotopic (exact) mass is 343 g/mol. The molecule has 1 aromatic heterocycles. The standard InChI is InChI=1S/C13H22BrN5O/c1-3-18-4-6-19(7-5-18)10(2)8-15-13(20)12-11(14)9-16-17-12/h9-10H,3-8H2,1-2H3,(H,15,20)(H,16,17)/t10-/m1/s1. The number of carbonyl (C=O) groups is 1. The van der Waals surface area contributed by atoms with Gasteiger partial charge in [-0.05, 0) is 29.4 Å². The number of aromatic amines is 1. The first kappa shape index (κ1) is 15.5. The van der Waals surface area contributed by atoms with Crippen LogP contribution in [0.3, 0.4) is 0 Å². The third-order valence-electron chi connectivity index (χ3n) is 3.86. The summed E-state index contributed by atoms with van der Waals surface area (Å²) in [7, 11) is 0. The number of nitrogens with zero attached hydrogens (tertiary/aromatic N) is 3. The number of likely N-dealkylation sites (N-methyl/N-ethyl adjacent to an activating group) is 1. The summed E-state index contributed by atoms with van der Waals surface area (Å²) in [5.74, 6) is -0.117. The third-order valence-corrected chi connectivity index (χ3v) is 4.46. The number of carbonyl (C=O) groups excluding carboxylic acids is 1. The maximum Gasteiger partial charge on any atom is 0.270 e. The molecule has 0 saturated carbocycles. The highest BCUT2D eigenvalue weighted by Gasteiger charge is 2.21. The molecular formula is C13H22BrN5O. The number of hydrogen-bond acceptors (Lipinski definition) is 4.